The molecule has 7 heteroatoms. The molecule has 0 saturated heterocycles. The fourth-order valence-corrected chi connectivity index (χ4v) is 1.12. The largest absolute Gasteiger partial charge is 0.480 e. The Kier molecular flexibility index (Phi) is 8.94. The molecular formula is C12H19N3O4. The lowest BCUT2D eigenvalue weighted by molar-refractivity contribution is -0.138. The van der Waals surface area contributed by atoms with Crippen LogP contribution in [0.1, 0.15) is 29.6 Å². The molecule has 1 rings (SSSR count). The van der Waals surface area contributed by atoms with Gasteiger partial charge in [0.25, 0.3) is 0 Å². The zero-order valence-corrected chi connectivity index (χ0v) is 10.5. The molecule has 0 unspecified atom stereocenters. The third kappa shape index (κ3) is 8.70. The molecule has 6 N–H and O–H groups in total. The van der Waals surface area contributed by atoms with Gasteiger partial charge in [-0.05, 0) is 31.5 Å². The molecule has 19 heavy (non-hydrogen) atoms. The predicted octanol–water partition coefficient (Wildman–Crippen LogP) is 0.307. The van der Waals surface area contributed by atoms with Crippen molar-refractivity contribution in [2.24, 2.45) is 11.5 Å². The number of nitrogens with zero attached hydrogens (tertiary/aromatic N) is 1. The summed E-state index contributed by atoms with van der Waals surface area (Å²) in [5.41, 5.74) is 10.6. The molecule has 0 bridgehead atoms. The molecule has 0 aromatic carbocycles. The van der Waals surface area contributed by atoms with Crippen molar-refractivity contribution in [3.63, 3.8) is 0 Å². The quantitative estimate of drug-likeness (QED) is 0.545. The van der Waals surface area contributed by atoms with Crippen molar-refractivity contribution >= 4 is 11.9 Å². The average molecular weight is 269 g/mol. The van der Waals surface area contributed by atoms with Crippen molar-refractivity contribution in [3.8, 4) is 0 Å². The smallest absolute Gasteiger partial charge is 0.337 e. The van der Waals surface area contributed by atoms with Crippen LogP contribution in [0.2, 0.25) is 0 Å². The summed E-state index contributed by atoms with van der Waals surface area (Å²) in [5, 5.41) is 16.7. The van der Waals surface area contributed by atoms with Crippen molar-refractivity contribution < 1.29 is 19.8 Å². The first-order chi connectivity index (χ1) is 8.99. The molecule has 0 radical (unpaired) electrons. The maximum atomic E-state index is 10.2. The number of carboxylic acid groups (broad SMARTS) is 2. The lowest BCUT2D eigenvalue weighted by Gasteiger charge is -2.03. The van der Waals surface area contributed by atoms with Crippen LogP contribution < -0.4 is 11.5 Å². The Balaban J connectivity index is 0.000000342. The van der Waals surface area contributed by atoms with Crippen molar-refractivity contribution in [1.29, 1.82) is 0 Å². The molecule has 106 valence electrons. The van der Waals surface area contributed by atoms with Crippen LogP contribution in [0.3, 0.4) is 0 Å². The van der Waals surface area contributed by atoms with Crippen molar-refractivity contribution in [2.45, 2.75) is 25.3 Å². The lowest BCUT2D eigenvalue weighted by Crippen LogP contribution is -2.29. The lowest BCUT2D eigenvalue weighted by atomic mass is 10.1. The second-order valence-corrected chi connectivity index (χ2v) is 3.78. The molecule has 7 nitrogen and oxygen atoms in total. The summed E-state index contributed by atoms with van der Waals surface area (Å²) in [7, 11) is 0. The number of aromatic nitrogens is 1. The van der Waals surface area contributed by atoms with Gasteiger partial charge in [0, 0.05) is 12.4 Å². The topological polar surface area (TPSA) is 140 Å². The van der Waals surface area contributed by atoms with Crippen LogP contribution in [0.5, 0.6) is 0 Å². The number of hydrogen-bond acceptors (Lipinski definition) is 5. The van der Waals surface area contributed by atoms with Crippen LogP contribution in [0.15, 0.2) is 24.5 Å². The number of unbranched alkanes of at least 4 members (excludes halogenated alkanes) is 1. The Labute approximate surface area is 111 Å². The van der Waals surface area contributed by atoms with E-state index < -0.39 is 18.0 Å². The second-order valence-electron chi connectivity index (χ2n) is 3.78. The normalized spacial score (nSPS) is 11.1. The van der Waals surface area contributed by atoms with Gasteiger partial charge in [0.1, 0.15) is 6.04 Å². The summed E-state index contributed by atoms with van der Waals surface area (Å²) in [6, 6.07) is 2.37. The number of hydrogen-bond donors (Lipinski definition) is 4. The average Bonchev–Trinajstić information content (AvgIpc) is 2.40. The highest BCUT2D eigenvalue weighted by molar-refractivity contribution is 5.86. The zero-order chi connectivity index (χ0) is 14.7. The first-order valence-corrected chi connectivity index (χ1v) is 5.80. The van der Waals surface area contributed by atoms with E-state index in [-0.39, 0.29) is 5.56 Å². The van der Waals surface area contributed by atoms with Gasteiger partial charge < -0.3 is 21.7 Å². The van der Waals surface area contributed by atoms with Crippen LogP contribution in [0.25, 0.3) is 0 Å². The van der Waals surface area contributed by atoms with Crippen molar-refractivity contribution in [1.82, 2.24) is 4.98 Å². The summed E-state index contributed by atoms with van der Waals surface area (Å²) in [4.78, 5) is 23.9. The van der Waals surface area contributed by atoms with Gasteiger partial charge in [-0.15, -0.1) is 0 Å². The molecule has 1 heterocycles. The monoisotopic (exact) mass is 269 g/mol. The SMILES string of the molecule is NCCCC[C@@H](N)C(=O)O.O=C(O)c1cccnc1. The Hall–Kier alpha value is -1.99. The van der Waals surface area contributed by atoms with E-state index in [0.29, 0.717) is 13.0 Å². The predicted molar refractivity (Wildman–Crippen MR) is 69.7 cm³/mol. The summed E-state index contributed by atoms with van der Waals surface area (Å²) in [5.74, 6) is -1.87. The molecule has 1 aromatic heterocycles. The molecule has 0 spiro atoms. The molecule has 1 aromatic rings. The first-order valence-electron chi connectivity index (χ1n) is 5.80. The number of carboxylic acids is 2. The van der Waals surface area contributed by atoms with E-state index in [0.717, 1.165) is 12.8 Å². The highest BCUT2D eigenvalue weighted by Crippen LogP contribution is 1.97. The first kappa shape index (κ1) is 17.0. The summed E-state index contributed by atoms with van der Waals surface area (Å²) in [6.07, 6.45) is 5.01. The van der Waals surface area contributed by atoms with Gasteiger partial charge >= 0.3 is 11.9 Å². The molecule has 0 amide bonds. The molecule has 0 saturated carbocycles. The maximum absolute atomic E-state index is 10.2. The van der Waals surface area contributed by atoms with Gasteiger partial charge in [-0.1, -0.05) is 6.42 Å². The minimum Gasteiger partial charge on any atom is -0.480 e. The zero-order valence-electron chi connectivity index (χ0n) is 10.5. The Morgan fingerprint density at radius 1 is 1.32 bits per heavy atom. The number of aliphatic carboxylic acids is 1. The number of aromatic carboxylic acids is 1. The summed E-state index contributed by atoms with van der Waals surface area (Å²) >= 11 is 0. The number of pyridine rings is 1. The highest BCUT2D eigenvalue weighted by Gasteiger charge is 2.09. The van der Waals surface area contributed by atoms with Crippen LogP contribution in [-0.4, -0.2) is 39.7 Å². The van der Waals surface area contributed by atoms with Crippen LogP contribution in [-0.2, 0) is 4.79 Å². The van der Waals surface area contributed by atoms with E-state index >= 15 is 0 Å². The van der Waals surface area contributed by atoms with Gasteiger partial charge in [-0.3, -0.25) is 9.78 Å². The summed E-state index contributed by atoms with van der Waals surface area (Å²) in [6.45, 7) is 0.604. The molecule has 0 aliphatic rings. The van der Waals surface area contributed by atoms with Gasteiger partial charge in [0.15, 0.2) is 0 Å². The Bertz CT molecular complexity index is 384. The van der Waals surface area contributed by atoms with Crippen LogP contribution in [0, 0.1) is 0 Å². The van der Waals surface area contributed by atoms with Crippen molar-refractivity contribution in [3.05, 3.63) is 30.1 Å². The molecular weight excluding hydrogens is 250 g/mol. The Morgan fingerprint density at radius 3 is 2.37 bits per heavy atom. The minimum absolute atomic E-state index is 0.220. The van der Waals surface area contributed by atoms with Crippen LogP contribution >= 0.6 is 0 Å². The van der Waals surface area contributed by atoms with Gasteiger partial charge in [0.05, 0.1) is 5.56 Å². The molecule has 0 aliphatic heterocycles. The van der Waals surface area contributed by atoms with E-state index in [4.69, 9.17) is 21.7 Å². The number of carbonyl (C=O) groups is 2. The van der Waals surface area contributed by atoms with E-state index in [1.165, 1.54) is 18.5 Å². The fourth-order valence-electron chi connectivity index (χ4n) is 1.12. The molecule has 0 aliphatic carbocycles. The third-order valence-electron chi connectivity index (χ3n) is 2.19. The van der Waals surface area contributed by atoms with Crippen molar-refractivity contribution in [2.75, 3.05) is 6.54 Å². The molecule has 0 fully saturated rings. The van der Waals surface area contributed by atoms with Gasteiger partial charge in [-0.2, -0.15) is 0 Å². The van der Waals surface area contributed by atoms with E-state index in [1.807, 2.05) is 0 Å². The third-order valence-corrected chi connectivity index (χ3v) is 2.19. The van der Waals surface area contributed by atoms with Crippen LogP contribution in [0.4, 0.5) is 0 Å². The summed E-state index contributed by atoms with van der Waals surface area (Å²) < 4.78 is 0. The van der Waals surface area contributed by atoms with E-state index in [2.05, 4.69) is 4.98 Å². The fraction of sp³-hybridized carbons (Fsp3) is 0.417. The number of rotatable bonds is 6. The van der Waals surface area contributed by atoms with E-state index in [9.17, 15) is 9.59 Å². The number of nitrogens with two attached hydrogens (primary N) is 2. The Morgan fingerprint density at radius 2 is 2.00 bits per heavy atom. The van der Waals surface area contributed by atoms with Gasteiger partial charge in [0.2, 0.25) is 0 Å². The maximum Gasteiger partial charge on any atom is 0.337 e. The van der Waals surface area contributed by atoms with E-state index in [1.54, 1.807) is 6.07 Å². The standard InChI is InChI=1S/C6H14N2O2.C6H5NO2/c7-4-2-1-3-5(8)6(9)10;8-6(9)5-2-1-3-7-4-5/h5H,1-4,7-8H2,(H,9,10);1-4H,(H,8,9)/t5-;/m1./s1. The highest BCUT2D eigenvalue weighted by atomic mass is 16.4. The second kappa shape index (κ2) is 9.98. The minimum atomic E-state index is -0.942. The molecule has 1 atom stereocenters. The van der Waals surface area contributed by atoms with Gasteiger partial charge in [-0.25, -0.2) is 4.79 Å².